The summed E-state index contributed by atoms with van der Waals surface area (Å²) in [5.74, 6) is -2.34. The van der Waals surface area contributed by atoms with Crippen LogP contribution in [0.3, 0.4) is 0 Å². The van der Waals surface area contributed by atoms with Gasteiger partial charge in [-0.3, -0.25) is 15.6 Å². The number of carboxylic acid groups (broad SMARTS) is 1. The molecule has 1 heterocycles. The zero-order valence-electron chi connectivity index (χ0n) is 14.2. The van der Waals surface area contributed by atoms with Gasteiger partial charge in [0, 0.05) is 0 Å². The molecule has 0 atom stereocenters. The van der Waals surface area contributed by atoms with Crippen molar-refractivity contribution in [1.29, 1.82) is 5.41 Å². The van der Waals surface area contributed by atoms with Gasteiger partial charge < -0.3 is 9.84 Å². The lowest BCUT2D eigenvalue weighted by atomic mass is 10.1. The van der Waals surface area contributed by atoms with Crippen molar-refractivity contribution in [3.8, 4) is 0 Å². The number of amides is 1. The molecule has 27 heavy (non-hydrogen) atoms. The topological polar surface area (TPSA) is 121 Å². The summed E-state index contributed by atoms with van der Waals surface area (Å²) in [6, 6.07) is 10.5. The van der Waals surface area contributed by atoms with E-state index in [-0.39, 0.29) is 22.5 Å². The van der Waals surface area contributed by atoms with Crippen molar-refractivity contribution in [3.63, 3.8) is 0 Å². The van der Waals surface area contributed by atoms with Gasteiger partial charge in [-0.25, -0.2) is 14.3 Å². The summed E-state index contributed by atoms with van der Waals surface area (Å²) < 4.78 is 6.81. The highest BCUT2D eigenvalue weighted by Gasteiger charge is 2.18. The maximum absolute atomic E-state index is 12.5. The highest BCUT2D eigenvalue weighted by molar-refractivity contribution is 7.16. The average Bonchev–Trinajstić information content (AvgIpc) is 2.96. The molecule has 0 fully saturated rings. The first-order valence-electron chi connectivity index (χ1n) is 7.93. The molecule has 3 rings (SSSR count). The molecule has 9 heteroatoms. The van der Waals surface area contributed by atoms with E-state index < -0.39 is 17.8 Å². The van der Waals surface area contributed by atoms with Gasteiger partial charge in [0.25, 0.3) is 5.91 Å². The van der Waals surface area contributed by atoms with E-state index in [0.717, 1.165) is 11.3 Å². The van der Waals surface area contributed by atoms with E-state index in [0.29, 0.717) is 15.8 Å². The van der Waals surface area contributed by atoms with Gasteiger partial charge in [0.2, 0.25) is 4.80 Å². The molecule has 3 aromatic rings. The van der Waals surface area contributed by atoms with Gasteiger partial charge in [0.05, 0.1) is 33.5 Å². The molecule has 8 nitrogen and oxygen atoms in total. The smallest absolute Gasteiger partial charge is 0.338 e. The minimum Gasteiger partial charge on any atom is -0.478 e. The molecule has 0 aliphatic rings. The minimum absolute atomic E-state index is 0.0145. The number of carbonyl (C=O) groups excluding carboxylic acids is 2. The summed E-state index contributed by atoms with van der Waals surface area (Å²) in [5.41, 5.74) is 3.25. The number of carbonyl (C=O) groups is 3. The van der Waals surface area contributed by atoms with Crippen LogP contribution < -0.4 is 10.2 Å². The first-order valence-corrected chi connectivity index (χ1v) is 8.75. The van der Waals surface area contributed by atoms with Crippen molar-refractivity contribution in [2.24, 2.45) is 0 Å². The lowest BCUT2D eigenvalue weighted by Gasteiger charge is -2.09. The number of hydrogen-bond donors (Lipinski definition) is 3. The van der Waals surface area contributed by atoms with Crippen molar-refractivity contribution in [2.75, 3.05) is 12.0 Å². The van der Waals surface area contributed by atoms with Gasteiger partial charge in [-0.2, -0.15) is 0 Å². The normalized spacial score (nSPS) is 10.6. The van der Waals surface area contributed by atoms with Gasteiger partial charge in [-0.05, 0) is 37.3 Å². The first kappa shape index (κ1) is 18.3. The second kappa shape index (κ2) is 7.42. The maximum atomic E-state index is 12.5. The zero-order chi connectivity index (χ0) is 19.6. The third-order valence-corrected chi connectivity index (χ3v) is 4.66. The molecular formula is C18H15N3O5S. The lowest BCUT2D eigenvalue weighted by molar-refractivity contribution is 0.0526. The Bertz CT molecular complexity index is 1120. The molecule has 0 saturated heterocycles. The molecule has 1 amide bonds. The second-order valence-electron chi connectivity index (χ2n) is 5.44. The minimum atomic E-state index is -1.22. The van der Waals surface area contributed by atoms with Crippen molar-refractivity contribution in [3.05, 3.63) is 64.0 Å². The molecule has 138 valence electrons. The molecule has 0 spiro atoms. The predicted octanol–water partition coefficient (Wildman–Crippen LogP) is 2.44. The largest absolute Gasteiger partial charge is 0.478 e. The Morgan fingerprint density at radius 2 is 1.89 bits per heavy atom. The molecular weight excluding hydrogens is 370 g/mol. The number of fused-ring (bicyclic) bond motifs is 1. The van der Waals surface area contributed by atoms with E-state index in [1.807, 2.05) is 0 Å². The van der Waals surface area contributed by atoms with Crippen molar-refractivity contribution < 1.29 is 24.2 Å². The summed E-state index contributed by atoms with van der Waals surface area (Å²) >= 11 is 1.07. The van der Waals surface area contributed by atoms with E-state index in [1.54, 1.807) is 31.2 Å². The highest BCUT2D eigenvalue weighted by Crippen LogP contribution is 2.19. The monoisotopic (exact) mass is 385 g/mol. The summed E-state index contributed by atoms with van der Waals surface area (Å²) in [5, 5.41) is 17.3. The van der Waals surface area contributed by atoms with Crippen LogP contribution in [0, 0.1) is 5.41 Å². The number of nitrogens with one attached hydrogen (secondary N) is 2. The second-order valence-corrected chi connectivity index (χ2v) is 6.47. The number of benzene rings is 2. The fraction of sp³-hybridized carbons (Fsp3) is 0.111. The number of thiazole rings is 1. The Balaban J connectivity index is 1.97. The van der Waals surface area contributed by atoms with E-state index in [1.165, 1.54) is 22.9 Å². The molecule has 0 bridgehead atoms. The number of esters is 1. The number of hydrogen-bond acceptors (Lipinski definition) is 6. The van der Waals surface area contributed by atoms with Crippen molar-refractivity contribution in [1.82, 2.24) is 4.68 Å². The number of aromatic nitrogens is 1. The Morgan fingerprint density at radius 1 is 1.19 bits per heavy atom. The Kier molecular flexibility index (Phi) is 5.04. The van der Waals surface area contributed by atoms with Crippen molar-refractivity contribution >= 4 is 39.4 Å². The fourth-order valence-electron chi connectivity index (χ4n) is 2.52. The van der Waals surface area contributed by atoms with Crippen LogP contribution in [0.1, 0.15) is 38.0 Å². The molecule has 0 unspecified atom stereocenters. The first-order chi connectivity index (χ1) is 12.9. The highest BCUT2D eigenvalue weighted by atomic mass is 32.1. The molecule has 0 radical (unpaired) electrons. The number of carboxylic acids is 1. The lowest BCUT2D eigenvalue weighted by Crippen LogP contribution is -2.30. The maximum Gasteiger partial charge on any atom is 0.338 e. The summed E-state index contributed by atoms with van der Waals surface area (Å²) in [6.07, 6.45) is 0. The number of nitrogens with zero attached hydrogens (tertiary/aromatic N) is 1. The van der Waals surface area contributed by atoms with Crippen LogP contribution in [0.25, 0.3) is 10.2 Å². The quantitative estimate of drug-likeness (QED) is 0.583. The molecule has 0 aliphatic carbocycles. The molecule has 0 aliphatic heterocycles. The average molecular weight is 385 g/mol. The number of aromatic carboxylic acids is 1. The van der Waals surface area contributed by atoms with Crippen LogP contribution in [0.4, 0.5) is 0 Å². The summed E-state index contributed by atoms with van der Waals surface area (Å²) in [6.45, 7) is 1.96. The number of rotatable bonds is 5. The van der Waals surface area contributed by atoms with E-state index in [9.17, 15) is 19.5 Å². The van der Waals surface area contributed by atoms with Crippen molar-refractivity contribution in [2.45, 2.75) is 6.92 Å². The van der Waals surface area contributed by atoms with Crippen LogP contribution in [0.15, 0.2) is 42.5 Å². The Labute approximate surface area is 157 Å². The van der Waals surface area contributed by atoms with Gasteiger partial charge in [0.1, 0.15) is 0 Å². The van der Waals surface area contributed by atoms with Gasteiger partial charge in [0.15, 0.2) is 0 Å². The van der Waals surface area contributed by atoms with Gasteiger partial charge in [-0.1, -0.05) is 23.5 Å². The van der Waals surface area contributed by atoms with Crippen LogP contribution >= 0.6 is 11.3 Å². The van der Waals surface area contributed by atoms with E-state index in [2.05, 4.69) is 5.43 Å². The summed E-state index contributed by atoms with van der Waals surface area (Å²) in [4.78, 5) is 35.7. The van der Waals surface area contributed by atoms with Gasteiger partial charge in [-0.15, -0.1) is 0 Å². The van der Waals surface area contributed by atoms with Crippen LogP contribution in [-0.4, -0.2) is 34.2 Å². The van der Waals surface area contributed by atoms with Gasteiger partial charge >= 0.3 is 11.9 Å². The SMILES string of the molecule is CCOC(=O)c1ccc2c(c1)sc(=N)n2NC(=O)c1ccccc1C(=O)O. The summed E-state index contributed by atoms with van der Waals surface area (Å²) in [7, 11) is 0. The Hall–Kier alpha value is -3.46. The van der Waals surface area contributed by atoms with E-state index >= 15 is 0 Å². The molecule has 0 saturated carbocycles. The Morgan fingerprint density at radius 3 is 2.56 bits per heavy atom. The third-order valence-electron chi connectivity index (χ3n) is 3.74. The van der Waals surface area contributed by atoms with Crippen LogP contribution in [0.5, 0.6) is 0 Å². The van der Waals surface area contributed by atoms with Crippen LogP contribution in [0.2, 0.25) is 0 Å². The zero-order valence-corrected chi connectivity index (χ0v) is 15.0. The fourth-order valence-corrected chi connectivity index (χ4v) is 3.41. The van der Waals surface area contributed by atoms with Crippen LogP contribution in [-0.2, 0) is 4.74 Å². The molecule has 1 aromatic heterocycles. The molecule has 3 N–H and O–H groups in total. The predicted molar refractivity (Wildman–Crippen MR) is 98.7 cm³/mol. The standard InChI is InChI=1S/C18H15N3O5S/c1-2-26-17(25)10-7-8-13-14(9-10)27-18(19)21(13)20-15(22)11-5-3-4-6-12(11)16(23)24/h3-9,19H,2H2,1H3,(H,20,22)(H,23,24). The molecule has 2 aromatic carbocycles. The third kappa shape index (κ3) is 3.58. The van der Waals surface area contributed by atoms with E-state index in [4.69, 9.17) is 10.1 Å². The number of ether oxygens (including phenoxy) is 1.